The van der Waals surface area contributed by atoms with E-state index in [0.717, 1.165) is 11.1 Å². The summed E-state index contributed by atoms with van der Waals surface area (Å²) >= 11 is 0. The maximum atomic E-state index is 12.1. The van der Waals surface area contributed by atoms with E-state index in [1.54, 1.807) is 39.0 Å². The van der Waals surface area contributed by atoms with Crippen LogP contribution in [0, 0.1) is 0 Å². The fourth-order valence-electron chi connectivity index (χ4n) is 3.00. The normalized spacial score (nSPS) is 11.1. The molecule has 0 saturated heterocycles. The second-order valence-electron chi connectivity index (χ2n) is 8.13. The zero-order valence-electron chi connectivity index (χ0n) is 18.1. The quantitative estimate of drug-likeness (QED) is 0.287. The zero-order chi connectivity index (χ0) is 22.6. The van der Waals surface area contributed by atoms with Crippen molar-refractivity contribution in [2.24, 2.45) is 0 Å². The number of ether oxygens (including phenoxy) is 2. The molecule has 3 aromatic carbocycles. The minimum Gasteiger partial charge on any atom is -0.428 e. The highest BCUT2D eigenvalue weighted by atomic mass is 16.7. The number of benzene rings is 3. The SMILES string of the molecule is CC(C)(C)OC(=O)Oc1cccc(-c2nc(-c3ccccc3)nc(-c3ccccc3)n2)c1. The van der Waals surface area contributed by atoms with Crippen LogP contribution in [0.2, 0.25) is 0 Å². The molecule has 0 spiro atoms. The van der Waals surface area contributed by atoms with Gasteiger partial charge in [0, 0.05) is 16.7 Å². The molecular formula is C26H23N3O3. The number of aromatic nitrogens is 3. The van der Waals surface area contributed by atoms with Gasteiger partial charge in [-0.15, -0.1) is 0 Å². The Labute approximate surface area is 186 Å². The summed E-state index contributed by atoms with van der Waals surface area (Å²) in [6, 6.07) is 26.5. The van der Waals surface area contributed by atoms with Gasteiger partial charge in [-0.2, -0.15) is 0 Å². The number of nitrogens with zero attached hydrogens (tertiary/aromatic N) is 3. The molecule has 1 heterocycles. The fourth-order valence-corrected chi connectivity index (χ4v) is 3.00. The Morgan fingerprint density at radius 3 is 1.62 bits per heavy atom. The molecule has 4 rings (SSSR count). The minimum absolute atomic E-state index is 0.347. The smallest absolute Gasteiger partial charge is 0.428 e. The van der Waals surface area contributed by atoms with Gasteiger partial charge in [0.25, 0.3) is 0 Å². The Bertz CT molecular complexity index is 1160. The molecule has 0 atom stereocenters. The Balaban J connectivity index is 1.74. The van der Waals surface area contributed by atoms with Crippen LogP contribution in [0.15, 0.2) is 84.9 Å². The monoisotopic (exact) mass is 425 g/mol. The highest BCUT2D eigenvalue weighted by Crippen LogP contribution is 2.27. The van der Waals surface area contributed by atoms with Crippen molar-refractivity contribution in [1.29, 1.82) is 0 Å². The van der Waals surface area contributed by atoms with E-state index in [4.69, 9.17) is 9.47 Å². The van der Waals surface area contributed by atoms with E-state index in [1.807, 2.05) is 66.7 Å². The molecule has 160 valence electrons. The van der Waals surface area contributed by atoms with Crippen molar-refractivity contribution < 1.29 is 14.3 Å². The second kappa shape index (κ2) is 8.98. The molecule has 0 unspecified atom stereocenters. The lowest BCUT2D eigenvalue weighted by Gasteiger charge is -2.18. The van der Waals surface area contributed by atoms with E-state index in [-0.39, 0.29) is 0 Å². The van der Waals surface area contributed by atoms with E-state index in [1.165, 1.54) is 0 Å². The highest BCUT2D eigenvalue weighted by molar-refractivity contribution is 5.69. The maximum absolute atomic E-state index is 12.1. The molecular weight excluding hydrogens is 402 g/mol. The summed E-state index contributed by atoms with van der Waals surface area (Å²) in [6.07, 6.45) is -0.764. The van der Waals surface area contributed by atoms with Crippen LogP contribution >= 0.6 is 0 Å². The van der Waals surface area contributed by atoms with Crippen LogP contribution < -0.4 is 4.74 Å². The Kier molecular flexibility index (Phi) is 5.94. The minimum atomic E-state index is -0.764. The molecule has 6 heteroatoms. The molecule has 0 fully saturated rings. The van der Waals surface area contributed by atoms with Crippen molar-refractivity contribution in [1.82, 2.24) is 15.0 Å². The first-order valence-electron chi connectivity index (χ1n) is 10.3. The molecule has 32 heavy (non-hydrogen) atoms. The average molecular weight is 425 g/mol. The Hall–Kier alpha value is -4.06. The van der Waals surface area contributed by atoms with Crippen LogP contribution in [-0.2, 0) is 4.74 Å². The van der Waals surface area contributed by atoms with Crippen molar-refractivity contribution in [2.45, 2.75) is 26.4 Å². The van der Waals surface area contributed by atoms with E-state index >= 15 is 0 Å². The third kappa shape index (κ3) is 5.35. The summed E-state index contributed by atoms with van der Waals surface area (Å²) in [6.45, 7) is 5.35. The number of carbonyl (C=O) groups is 1. The van der Waals surface area contributed by atoms with Gasteiger partial charge in [-0.1, -0.05) is 72.8 Å². The first kappa shape index (κ1) is 21.2. The summed E-state index contributed by atoms with van der Waals surface area (Å²) in [7, 11) is 0. The number of rotatable bonds is 4. The van der Waals surface area contributed by atoms with E-state index in [0.29, 0.717) is 28.8 Å². The predicted octanol–water partition coefficient (Wildman–Crippen LogP) is 6.19. The van der Waals surface area contributed by atoms with Gasteiger partial charge in [0.2, 0.25) is 0 Å². The van der Waals surface area contributed by atoms with Crippen LogP contribution in [0.25, 0.3) is 34.2 Å². The average Bonchev–Trinajstić information content (AvgIpc) is 2.79. The lowest BCUT2D eigenvalue weighted by atomic mass is 10.1. The van der Waals surface area contributed by atoms with E-state index in [9.17, 15) is 4.79 Å². The molecule has 0 aliphatic rings. The lowest BCUT2D eigenvalue weighted by molar-refractivity contribution is 0.0206. The molecule has 0 bridgehead atoms. The molecule has 0 N–H and O–H groups in total. The molecule has 6 nitrogen and oxygen atoms in total. The topological polar surface area (TPSA) is 74.2 Å². The van der Waals surface area contributed by atoms with Crippen LogP contribution in [0.4, 0.5) is 4.79 Å². The first-order valence-corrected chi connectivity index (χ1v) is 10.3. The van der Waals surface area contributed by atoms with Crippen LogP contribution in [0.1, 0.15) is 20.8 Å². The summed E-state index contributed by atoms with van der Waals surface area (Å²) in [5.41, 5.74) is 1.82. The van der Waals surface area contributed by atoms with Gasteiger partial charge >= 0.3 is 6.16 Å². The van der Waals surface area contributed by atoms with Gasteiger partial charge in [0.15, 0.2) is 17.5 Å². The van der Waals surface area contributed by atoms with Gasteiger partial charge < -0.3 is 9.47 Å². The highest BCUT2D eigenvalue weighted by Gasteiger charge is 2.19. The van der Waals surface area contributed by atoms with Gasteiger partial charge in [0.1, 0.15) is 11.4 Å². The molecule has 0 amide bonds. The van der Waals surface area contributed by atoms with E-state index in [2.05, 4.69) is 15.0 Å². The number of hydrogen-bond acceptors (Lipinski definition) is 6. The molecule has 0 radical (unpaired) electrons. The standard InChI is InChI=1S/C26H23N3O3/c1-26(2,3)32-25(30)31-21-16-10-15-20(17-21)24-28-22(18-11-6-4-7-12-18)27-23(29-24)19-13-8-5-9-14-19/h4-17H,1-3H3. The maximum Gasteiger partial charge on any atom is 0.514 e. The van der Waals surface area contributed by atoms with E-state index < -0.39 is 11.8 Å². The Morgan fingerprint density at radius 1 is 0.656 bits per heavy atom. The van der Waals surface area contributed by atoms with Gasteiger partial charge in [-0.3, -0.25) is 0 Å². The molecule has 4 aromatic rings. The Morgan fingerprint density at radius 2 is 1.12 bits per heavy atom. The summed E-state index contributed by atoms with van der Waals surface area (Å²) in [5, 5.41) is 0. The molecule has 1 aromatic heterocycles. The lowest BCUT2D eigenvalue weighted by Crippen LogP contribution is -2.25. The number of hydrogen-bond donors (Lipinski definition) is 0. The first-order chi connectivity index (χ1) is 15.4. The van der Waals surface area contributed by atoms with Crippen molar-refractivity contribution in [2.75, 3.05) is 0 Å². The number of carbonyl (C=O) groups excluding carboxylic acids is 1. The third-order valence-electron chi connectivity index (χ3n) is 4.38. The van der Waals surface area contributed by atoms with Crippen molar-refractivity contribution in [3.8, 4) is 39.9 Å². The third-order valence-corrected chi connectivity index (χ3v) is 4.38. The summed E-state index contributed by atoms with van der Waals surface area (Å²) in [4.78, 5) is 26.1. The van der Waals surface area contributed by atoms with Crippen molar-refractivity contribution in [3.63, 3.8) is 0 Å². The van der Waals surface area contributed by atoms with Gasteiger partial charge in [-0.25, -0.2) is 19.7 Å². The molecule has 0 aliphatic carbocycles. The largest absolute Gasteiger partial charge is 0.514 e. The summed E-state index contributed by atoms with van der Waals surface area (Å²) < 4.78 is 10.6. The van der Waals surface area contributed by atoms with Gasteiger partial charge in [-0.05, 0) is 32.9 Å². The van der Waals surface area contributed by atoms with Gasteiger partial charge in [0.05, 0.1) is 0 Å². The zero-order valence-corrected chi connectivity index (χ0v) is 18.1. The van der Waals surface area contributed by atoms with Crippen LogP contribution in [0.3, 0.4) is 0 Å². The second-order valence-corrected chi connectivity index (χ2v) is 8.13. The van der Waals surface area contributed by atoms with Crippen LogP contribution in [0.5, 0.6) is 5.75 Å². The molecule has 0 saturated carbocycles. The molecule has 0 aliphatic heterocycles. The summed E-state index contributed by atoms with van der Waals surface area (Å²) in [5.74, 6) is 1.95. The predicted molar refractivity (Wildman–Crippen MR) is 123 cm³/mol. The van der Waals surface area contributed by atoms with Crippen molar-refractivity contribution in [3.05, 3.63) is 84.9 Å². The van der Waals surface area contributed by atoms with Crippen molar-refractivity contribution >= 4 is 6.16 Å². The fraction of sp³-hybridized carbons (Fsp3) is 0.154. The van der Waals surface area contributed by atoms with Crippen LogP contribution in [-0.4, -0.2) is 26.7 Å².